The van der Waals surface area contributed by atoms with E-state index < -0.39 is 12.0 Å². The fraction of sp³-hybridized carbons (Fsp3) is 0.222. The molecule has 0 aliphatic rings. The van der Waals surface area contributed by atoms with Gasteiger partial charge < -0.3 is 10.0 Å². The second-order valence-corrected chi connectivity index (χ2v) is 8.30. The second kappa shape index (κ2) is 11.2. The number of aromatic amines is 1. The maximum absolute atomic E-state index is 13.1. The van der Waals surface area contributed by atoms with Crippen molar-refractivity contribution in [1.29, 1.82) is 0 Å². The number of carbonyl (C=O) groups is 2. The van der Waals surface area contributed by atoms with Gasteiger partial charge in [-0.3, -0.25) is 4.79 Å². The summed E-state index contributed by atoms with van der Waals surface area (Å²) in [5.74, 6) is -0.794. The maximum Gasteiger partial charge on any atom is 0.326 e. The number of carboxylic acids is 1. The van der Waals surface area contributed by atoms with Crippen LogP contribution in [-0.4, -0.2) is 48.5 Å². The number of carbonyl (C=O) groups excluding carboxylic acids is 1. The van der Waals surface area contributed by atoms with E-state index in [9.17, 15) is 14.7 Å². The van der Waals surface area contributed by atoms with Crippen molar-refractivity contribution in [3.05, 3.63) is 90.0 Å². The highest BCUT2D eigenvalue weighted by Gasteiger charge is 2.30. The topological polar surface area (TPSA) is 112 Å². The number of benzene rings is 3. The molecule has 2 N–H and O–H groups in total. The summed E-state index contributed by atoms with van der Waals surface area (Å²) in [7, 11) is 0. The van der Waals surface area contributed by atoms with Crippen molar-refractivity contribution in [3.8, 4) is 22.5 Å². The van der Waals surface area contributed by atoms with Gasteiger partial charge in [0.05, 0.1) is 0 Å². The lowest BCUT2D eigenvalue weighted by atomic mass is 9.96. The van der Waals surface area contributed by atoms with E-state index in [4.69, 9.17) is 0 Å². The third-order valence-electron chi connectivity index (χ3n) is 5.83. The molecule has 35 heavy (non-hydrogen) atoms. The molecule has 0 aliphatic carbocycles. The molecule has 4 rings (SSSR count). The van der Waals surface area contributed by atoms with Gasteiger partial charge in [-0.25, -0.2) is 4.79 Å². The van der Waals surface area contributed by atoms with E-state index in [-0.39, 0.29) is 25.3 Å². The Morgan fingerprint density at radius 2 is 1.66 bits per heavy atom. The second-order valence-electron chi connectivity index (χ2n) is 8.30. The van der Waals surface area contributed by atoms with Gasteiger partial charge >= 0.3 is 5.97 Å². The first-order valence-electron chi connectivity index (χ1n) is 11.5. The van der Waals surface area contributed by atoms with Crippen molar-refractivity contribution in [2.45, 2.75) is 38.8 Å². The van der Waals surface area contributed by atoms with E-state index in [1.807, 2.05) is 85.8 Å². The molecule has 178 valence electrons. The minimum atomic E-state index is -1.03. The number of aromatic nitrogens is 4. The Kier molecular flexibility index (Phi) is 7.62. The van der Waals surface area contributed by atoms with Crippen molar-refractivity contribution in [2.24, 2.45) is 0 Å². The molecule has 1 atom stereocenters. The van der Waals surface area contributed by atoms with Gasteiger partial charge in [0.15, 0.2) is 0 Å². The van der Waals surface area contributed by atoms with E-state index >= 15 is 0 Å². The number of hydrogen-bond acceptors (Lipinski definition) is 5. The van der Waals surface area contributed by atoms with Crippen molar-refractivity contribution in [3.63, 3.8) is 0 Å². The number of rotatable bonds is 10. The zero-order valence-electron chi connectivity index (χ0n) is 19.5. The number of carboxylic acid groups (broad SMARTS) is 1. The Morgan fingerprint density at radius 1 is 0.943 bits per heavy atom. The van der Waals surface area contributed by atoms with Gasteiger partial charge in [0.1, 0.15) is 6.04 Å². The lowest BCUT2D eigenvalue weighted by Crippen LogP contribution is -2.45. The van der Waals surface area contributed by atoms with Gasteiger partial charge in [0.25, 0.3) is 0 Å². The van der Waals surface area contributed by atoms with Crippen LogP contribution in [0.2, 0.25) is 0 Å². The third kappa shape index (κ3) is 5.78. The van der Waals surface area contributed by atoms with E-state index in [2.05, 4.69) is 20.6 Å². The molecule has 4 aromatic rings. The van der Waals surface area contributed by atoms with Crippen molar-refractivity contribution in [1.82, 2.24) is 25.5 Å². The van der Waals surface area contributed by atoms with Gasteiger partial charge in [0.2, 0.25) is 11.7 Å². The SMILES string of the molecule is CCCC(=O)N(Cc1ccc(-c2ccccc2)c(-c2nn[nH]n2)c1)[C@@H](Cc1ccccc1)C(=O)O. The molecule has 0 radical (unpaired) electrons. The van der Waals surface area contributed by atoms with E-state index in [0.717, 1.165) is 27.8 Å². The third-order valence-corrected chi connectivity index (χ3v) is 5.83. The van der Waals surface area contributed by atoms with Crippen LogP contribution in [0.15, 0.2) is 78.9 Å². The number of hydrogen-bond donors (Lipinski definition) is 2. The van der Waals surface area contributed by atoms with E-state index in [1.165, 1.54) is 4.90 Å². The maximum atomic E-state index is 13.1. The van der Waals surface area contributed by atoms with Gasteiger partial charge in [-0.2, -0.15) is 5.21 Å². The predicted molar refractivity (Wildman–Crippen MR) is 132 cm³/mol. The smallest absolute Gasteiger partial charge is 0.326 e. The molecular formula is C27H27N5O3. The van der Waals surface area contributed by atoms with Gasteiger partial charge in [-0.05, 0) is 40.0 Å². The Labute approximate surface area is 203 Å². The molecule has 0 unspecified atom stereocenters. The molecule has 3 aromatic carbocycles. The van der Waals surface area contributed by atoms with E-state index in [0.29, 0.717) is 12.2 Å². The highest BCUT2D eigenvalue weighted by Crippen LogP contribution is 2.31. The summed E-state index contributed by atoms with van der Waals surface area (Å²) in [6.45, 7) is 2.06. The normalized spacial score (nSPS) is 11.7. The molecule has 1 amide bonds. The first-order valence-corrected chi connectivity index (χ1v) is 11.5. The molecule has 1 heterocycles. The zero-order valence-corrected chi connectivity index (χ0v) is 19.5. The first kappa shape index (κ1) is 23.8. The minimum Gasteiger partial charge on any atom is -0.480 e. The average Bonchev–Trinajstić information content (AvgIpc) is 3.42. The molecule has 0 saturated carbocycles. The summed E-state index contributed by atoms with van der Waals surface area (Å²) >= 11 is 0. The number of nitrogens with one attached hydrogen (secondary N) is 1. The summed E-state index contributed by atoms with van der Waals surface area (Å²) in [6, 6.07) is 24.0. The van der Waals surface area contributed by atoms with Gasteiger partial charge in [0, 0.05) is 24.9 Å². The van der Waals surface area contributed by atoms with Gasteiger partial charge in [-0.15, -0.1) is 10.2 Å². The van der Waals surface area contributed by atoms with Crippen LogP contribution in [0.5, 0.6) is 0 Å². The molecular weight excluding hydrogens is 442 g/mol. The summed E-state index contributed by atoms with van der Waals surface area (Å²) in [5.41, 5.74) is 4.31. The Balaban J connectivity index is 1.71. The quantitative estimate of drug-likeness (QED) is 0.357. The summed E-state index contributed by atoms with van der Waals surface area (Å²) in [4.78, 5) is 26.9. The first-order chi connectivity index (χ1) is 17.1. The fourth-order valence-corrected chi connectivity index (χ4v) is 4.11. The zero-order chi connectivity index (χ0) is 24.6. The van der Waals surface area contributed by atoms with Crippen LogP contribution in [0.3, 0.4) is 0 Å². The molecule has 0 aliphatic heterocycles. The summed E-state index contributed by atoms with van der Waals surface area (Å²) in [6.07, 6.45) is 1.14. The molecule has 0 saturated heterocycles. The van der Waals surface area contributed by atoms with Crippen LogP contribution in [0.1, 0.15) is 30.9 Å². The predicted octanol–water partition coefficient (Wildman–Crippen LogP) is 4.36. The van der Waals surface area contributed by atoms with E-state index in [1.54, 1.807) is 0 Å². The molecule has 1 aromatic heterocycles. The summed E-state index contributed by atoms with van der Waals surface area (Å²) < 4.78 is 0. The van der Waals surface area contributed by atoms with Crippen LogP contribution in [0, 0.1) is 0 Å². The van der Waals surface area contributed by atoms with Crippen LogP contribution < -0.4 is 0 Å². The Hall–Kier alpha value is -4.33. The highest BCUT2D eigenvalue weighted by atomic mass is 16.4. The fourth-order valence-electron chi connectivity index (χ4n) is 4.11. The lowest BCUT2D eigenvalue weighted by molar-refractivity contribution is -0.150. The van der Waals surface area contributed by atoms with Crippen molar-refractivity contribution < 1.29 is 14.7 Å². The monoisotopic (exact) mass is 469 g/mol. The van der Waals surface area contributed by atoms with Crippen molar-refractivity contribution >= 4 is 11.9 Å². The molecule has 0 spiro atoms. The Bertz CT molecular complexity index is 1260. The highest BCUT2D eigenvalue weighted by molar-refractivity contribution is 5.84. The standard InChI is InChI=1S/C27H27N5O3/c1-2-9-25(33)32(24(27(34)35)17-19-10-5-3-6-11-19)18-20-14-15-22(21-12-7-4-8-13-21)23(16-20)26-28-30-31-29-26/h3-8,10-16,24H,2,9,17-18H2,1H3,(H,34,35)(H,28,29,30,31)/t24-/m0/s1. The Morgan fingerprint density at radius 3 is 2.29 bits per heavy atom. The molecule has 8 heteroatoms. The van der Waals surface area contributed by atoms with Gasteiger partial charge in [-0.1, -0.05) is 79.7 Å². The number of nitrogens with zero attached hydrogens (tertiary/aromatic N) is 4. The summed E-state index contributed by atoms with van der Waals surface area (Å²) in [5, 5.41) is 24.6. The number of amides is 1. The van der Waals surface area contributed by atoms with Crippen LogP contribution >= 0.6 is 0 Å². The molecule has 0 bridgehead atoms. The number of H-pyrrole nitrogens is 1. The lowest BCUT2D eigenvalue weighted by Gasteiger charge is -2.29. The average molecular weight is 470 g/mol. The van der Waals surface area contributed by atoms with Crippen LogP contribution in [-0.2, 0) is 22.6 Å². The van der Waals surface area contributed by atoms with Crippen molar-refractivity contribution in [2.75, 3.05) is 0 Å². The van der Waals surface area contributed by atoms with Crippen LogP contribution in [0.25, 0.3) is 22.5 Å². The number of tetrazole rings is 1. The largest absolute Gasteiger partial charge is 0.480 e. The van der Waals surface area contributed by atoms with Crippen LogP contribution in [0.4, 0.5) is 0 Å². The molecule has 8 nitrogen and oxygen atoms in total. The number of aliphatic carboxylic acids is 1. The minimum absolute atomic E-state index is 0.155. The molecule has 0 fully saturated rings.